The van der Waals surface area contributed by atoms with Crippen molar-refractivity contribution in [2.24, 2.45) is 5.41 Å². The van der Waals surface area contributed by atoms with Gasteiger partial charge in [0.2, 0.25) is 0 Å². The largest absolute Gasteiger partial charge is 0.461 e. The first kappa shape index (κ1) is 22.2. The standard InChI is InChI=1S/C21H33BrN2O3/c1-13(2)26-19(20(25)27-14(3)4)17-15(5)23-12-16(22)18(17)24-10-8-21(6,7)9-11-24/h12-14,19H,8-11H2,1-7H3/t19-/m0/s1. The third-order valence-corrected chi connectivity index (χ3v) is 5.49. The molecule has 0 amide bonds. The molecule has 5 nitrogen and oxygen atoms in total. The molecule has 1 aromatic heterocycles. The second kappa shape index (κ2) is 8.91. The van der Waals surface area contributed by atoms with Crippen molar-refractivity contribution in [2.75, 3.05) is 18.0 Å². The zero-order chi connectivity index (χ0) is 20.4. The maximum absolute atomic E-state index is 12.9. The van der Waals surface area contributed by atoms with Crippen LogP contribution in [-0.4, -0.2) is 36.3 Å². The first-order valence-corrected chi connectivity index (χ1v) is 10.6. The Labute approximate surface area is 172 Å². The molecule has 2 heterocycles. The molecule has 0 bridgehead atoms. The lowest BCUT2D eigenvalue weighted by Crippen LogP contribution is -2.39. The summed E-state index contributed by atoms with van der Waals surface area (Å²) in [6.07, 6.45) is 2.92. The van der Waals surface area contributed by atoms with E-state index >= 15 is 0 Å². The number of hydrogen-bond acceptors (Lipinski definition) is 5. The predicted octanol–water partition coefficient (Wildman–Crippen LogP) is 5.20. The summed E-state index contributed by atoms with van der Waals surface area (Å²) in [4.78, 5) is 19.7. The summed E-state index contributed by atoms with van der Waals surface area (Å²) in [7, 11) is 0. The van der Waals surface area contributed by atoms with Gasteiger partial charge in [0.05, 0.1) is 22.4 Å². The van der Waals surface area contributed by atoms with Crippen LogP contribution in [0.5, 0.6) is 0 Å². The molecule has 1 saturated heterocycles. The van der Waals surface area contributed by atoms with E-state index in [1.165, 1.54) is 0 Å². The normalized spacial score (nSPS) is 18.1. The van der Waals surface area contributed by atoms with E-state index in [0.717, 1.165) is 47.3 Å². The number of anilines is 1. The highest BCUT2D eigenvalue weighted by molar-refractivity contribution is 9.10. The van der Waals surface area contributed by atoms with E-state index in [2.05, 4.69) is 39.7 Å². The Morgan fingerprint density at radius 1 is 1.19 bits per heavy atom. The molecule has 1 aliphatic rings. The molecule has 0 aliphatic carbocycles. The molecule has 0 spiro atoms. The second-order valence-electron chi connectivity index (χ2n) is 8.66. The topological polar surface area (TPSA) is 51.7 Å². The van der Waals surface area contributed by atoms with Gasteiger partial charge < -0.3 is 14.4 Å². The van der Waals surface area contributed by atoms with Crippen molar-refractivity contribution < 1.29 is 14.3 Å². The average molecular weight is 441 g/mol. The molecule has 27 heavy (non-hydrogen) atoms. The molecule has 6 heteroatoms. The van der Waals surface area contributed by atoms with Gasteiger partial charge in [-0.15, -0.1) is 0 Å². The Morgan fingerprint density at radius 2 is 1.78 bits per heavy atom. The summed E-state index contributed by atoms with van der Waals surface area (Å²) in [5.41, 5.74) is 2.95. The minimum Gasteiger partial charge on any atom is -0.461 e. The van der Waals surface area contributed by atoms with Gasteiger partial charge in [-0.1, -0.05) is 13.8 Å². The average Bonchev–Trinajstić information content (AvgIpc) is 2.54. The van der Waals surface area contributed by atoms with Gasteiger partial charge in [0, 0.05) is 30.5 Å². The van der Waals surface area contributed by atoms with Crippen LogP contribution in [0.2, 0.25) is 0 Å². The van der Waals surface area contributed by atoms with E-state index in [4.69, 9.17) is 9.47 Å². The van der Waals surface area contributed by atoms with Crippen LogP contribution < -0.4 is 4.90 Å². The van der Waals surface area contributed by atoms with Crippen LogP contribution in [0.4, 0.5) is 5.69 Å². The molecule has 0 aromatic carbocycles. The minimum absolute atomic E-state index is 0.110. The number of halogens is 1. The summed E-state index contributed by atoms with van der Waals surface area (Å²) in [5.74, 6) is -0.361. The van der Waals surface area contributed by atoms with Gasteiger partial charge in [-0.3, -0.25) is 4.98 Å². The van der Waals surface area contributed by atoms with Crippen molar-refractivity contribution in [3.8, 4) is 0 Å². The maximum Gasteiger partial charge on any atom is 0.340 e. The number of carbonyl (C=O) groups is 1. The van der Waals surface area contributed by atoms with Crippen molar-refractivity contribution in [1.29, 1.82) is 0 Å². The number of ether oxygens (including phenoxy) is 2. The Hall–Kier alpha value is -1.14. The van der Waals surface area contributed by atoms with Crippen LogP contribution in [0.15, 0.2) is 10.7 Å². The van der Waals surface area contributed by atoms with Crippen molar-refractivity contribution in [1.82, 2.24) is 4.98 Å². The fourth-order valence-corrected chi connectivity index (χ4v) is 3.93. The predicted molar refractivity (Wildman–Crippen MR) is 112 cm³/mol. The summed E-state index contributed by atoms with van der Waals surface area (Å²) in [6.45, 7) is 16.0. The van der Waals surface area contributed by atoms with Crippen molar-refractivity contribution >= 4 is 27.6 Å². The second-order valence-corrected chi connectivity index (χ2v) is 9.51. The number of carbonyl (C=O) groups excluding carboxylic acids is 1. The third-order valence-electron chi connectivity index (χ3n) is 4.91. The molecule has 152 valence electrons. The molecule has 1 aromatic rings. The van der Waals surface area contributed by atoms with Gasteiger partial charge in [0.25, 0.3) is 0 Å². The number of rotatable bonds is 6. The summed E-state index contributed by atoms with van der Waals surface area (Å²) in [5, 5.41) is 0. The van der Waals surface area contributed by atoms with Gasteiger partial charge in [0.1, 0.15) is 0 Å². The van der Waals surface area contributed by atoms with Gasteiger partial charge in [-0.25, -0.2) is 4.79 Å². The molecule has 1 aliphatic heterocycles. The molecule has 0 N–H and O–H groups in total. The number of piperidine rings is 1. The van der Waals surface area contributed by atoms with Crippen LogP contribution in [0.3, 0.4) is 0 Å². The lowest BCUT2D eigenvalue weighted by Gasteiger charge is -2.40. The minimum atomic E-state index is -0.790. The highest BCUT2D eigenvalue weighted by Crippen LogP contribution is 2.41. The Bertz CT molecular complexity index is 664. The highest BCUT2D eigenvalue weighted by Gasteiger charge is 2.34. The number of pyridine rings is 1. The van der Waals surface area contributed by atoms with E-state index in [0.29, 0.717) is 5.41 Å². The summed E-state index contributed by atoms with van der Waals surface area (Å²) >= 11 is 3.67. The SMILES string of the molecule is Cc1ncc(Br)c(N2CCC(C)(C)CC2)c1[C@H](OC(C)C)C(=O)OC(C)C. The molecule has 1 atom stereocenters. The van der Waals surface area contributed by atoms with Crippen LogP contribution in [0.25, 0.3) is 0 Å². The summed E-state index contributed by atoms with van der Waals surface area (Å²) < 4.78 is 12.4. The van der Waals surface area contributed by atoms with Crippen LogP contribution in [0, 0.1) is 12.3 Å². The Morgan fingerprint density at radius 3 is 2.30 bits per heavy atom. The number of hydrogen-bond donors (Lipinski definition) is 0. The van der Waals surface area contributed by atoms with E-state index in [1.54, 1.807) is 0 Å². The number of aromatic nitrogens is 1. The lowest BCUT2D eigenvalue weighted by molar-refractivity contribution is -0.164. The monoisotopic (exact) mass is 440 g/mol. The van der Waals surface area contributed by atoms with Crippen molar-refractivity contribution in [2.45, 2.75) is 79.6 Å². The summed E-state index contributed by atoms with van der Waals surface area (Å²) in [6, 6.07) is 0. The van der Waals surface area contributed by atoms with E-state index in [-0.39, 0.29) is 18.2 Å². The highest BCUT2D eigenvalue weighted by atomic mass is 79.9. The van der Waals surface area contributed by atoms with Crippen LogP contribution >= 0.6 is 15.9 Å². The van der Waals surface area contributed by atoms with Crippen molar-refractivity contribution in [3.05, 3.63) is 21.9 Å². The smallest absolute Gasteiger partial charge is 0.340 e. The van der Waals surface area contributed by atoms with E-state index < -0.39 is 6.10 Å². The fourth-order valence-electron chi connectivity index (χ4n) is 3.36. The lowest BCUT2D eigenvalue weighted by atomic mass is 9.82. The maximum atomic E-state index is 12.9. The number of aryl methyl sites for hydroxylation is 1. The van der Waals surface area contributed by atoms with Crippen molar-refractivity contribution in [3.63, 3.8) is 0 Å². The first-order valence-electron chi connectivity index (χ1n) is 9.77. The van der Waals surface area contributed by atoms with Gasteiger partial charge in [-0.2, -0.15) is 0 Å². The Kier molecular flexibility index (Phi) is 7.31. The quantitative estimate of drug-likeness (QED) is 0.569. The Balaban J connectivity index is 2.49. The van der Waals surface area contributed by atoms with E-state index in [1.807, 2.05) is 40.8 Å². The van der Waals surface area contributed by atoms with Crippen LogP contribution in [-0.2, 0) is 14.3 Å². The number of nitrogens with zero attached hydrogens (tertiary/aromatic N) is 2. The molecular formula is C21H33BrN2O3. The molecule has 0 radical (unpaired) electrons. The zero-order valence-corrected chi connectivity index (χ0v) is 19.2. The third kappa shape index (κ3) is 5.67. The first-order chi connectivity index (χ1) is 12.5. The zero-order valence-electron chi connectivity index (χ0n) is 17.6. The molecule has 0 saturated carbocycles. The van der Waals surface area contributed by atoms with Crippen LogP contribution in [0.1, 0.15) is 71.7 Å². The molecule has 0 unspecified atom stereocenters. The van der Waals surface area contributed by atoms with Gasteiger partial charge >= 0.3 is 5.97 Å². The molecular weight excluding hydrogens is 408 g/mol. The van der Waals surface area contributed by atoms with Gasteiger partial charge in [-0.05, 0) is 68.8 Å². The number of esters is 1. The molecule has 1 fully saturated rings. The fraction of sp³-hybridized carbons (Fsp3) is 0.714. The molecule has 2 rings (SSSR count). The van der Waals surface area contributed by atoms with E-state index in [9.17, 15) is 4.79 Å². The van der Waals surface area contributed by atoms with Gasteiger partial charge in [0.15, 0.2) is 6.10 Å².